The van der Waals surface area contributed by atoms with Crippen molar-refractivity contribution in [2.75, 3.05) is 24.3 Å². The highest BCUT2D eigenvalue weighted by atomic mass is 19.1. The molecule has 0 atom stereocenters. The Hall–Kier alpha value is -2.56. The monoisotopic (exact) mass is 288 g/mol. The van der Waals surface area contributed by atoms with Crippen molar-refractivity contribution in [2.24, 2.45) is 0 Å². The van der Waals surface area contributed by atoms with Crippen LogP contribution in [0.5, 0.6) is 5.75 Å². The van der Waals surface area contributed by atoms with Crippen LogP contribution < -0.4 is 15.4 Å². The summed E-state index contributed by atoms with van der Waals surface area (Å²) < 4.78 is 17.9. The minimum atomic E-state index is -0.333. The molecule has 110 valence electrons. The van der Waals surface area contributed by atoms with E-state index in [9.17, 15) is 9.18 Å². The van der Waals surface area contributed by atoms with Crippen LogP contribution in [-0.2, 0) is 4.79 Å². The molecular formula is C16H17FN2O2. The summed E-state index contributed by atoms with van der Waals surface area (Å²) in [4.78, 5) is 11.8. The van der Waals surface area contributed by atoms with Gasteiger partial charge in [-0.1, -0.05) is 0 Å². The number of anilines is 2. The van der Waals surface area contributed by atoms with Crippen LogP contribution in [0.2, 0.25) is 0 Å². The van der Waals surface area contributed by atoms with E-state index in [4.69, 9.17) is 4.74 Å². The number of methoxy groups -OCH3 is 1. The Morgan fingerprint density at radius 2 is 1.81 bits per heavy atom. The summed E-state index contributed by atoms with van der Waals surface area (Å²) in [6, 6.07) is 11.2. The quantitative estimate of drug-likeness (QED) is 0.888. The third-order valence-electron chi connectivity index (χ3n) is 2.98. The Morgan fingerprint density at radius 1 is 1.14 bits per heavy atom. The maximum Gasteiger partial charge on any atom is 0.243 e. The molecule has 0 radical (unpaired) electrons. The van der Waals surface area contributed by atoms with Crippen molar-refractivity contribution in [3.8, 4) is 5.75 Å². The van der Waals surface area contributed by atoms with E-state index in [1.807, 2.05) is 25.1 Å². The van der Waals surface area contributed by atoms with E-state index in [-0.39, 0.29) is 18.3 Å². The van der Waals surface area contributed by atoms with Crippen molar-refractivity contribution in [3.05, 3.63) is 53.8 Å². The minimum Gasteiger partial charge on any atom is -0.496 e. The van der Waals surface area contributed by atoms with E-state index < -0.39 is 0 Å². The summed E-state index contributed by atoms with van der Waals surface area (Å²) in [5, 5.41) is 5.71. The molecule has 0 aromatic heterocycles. The smallest absolute Gasteiger partial charge is 0.243 e. The standard InChI is InChI=1S/C16H17FN2O2/c1-11-9-14(7-8-15(11)21-2)18-10-16(20)19-13-5-3-12(17)4-6-13/h3-9,18H,10H2,1-2H3,(H,19,20). The molecule has 0 saturated heterocycles. The van der Waals surface area contributed by atoms with Crippen LogP contribution >= 0.6 is 0 Å². The number of rotatable bonds is 5. The van der Waals surface area contributed by atoms with Gasteiger partial charge < -0.3 is 15.4 Å². The number of carbonyl (C=O) groups is 1. The summed E-state index contributed by atoms with van der Waals surface area (Å²) in [5.41, 5.74) is 2.39. The van der Waals surface area contributed by atoms with Gasteiger partial charge >= 0.3 is 0 Å². The van der Waals surface area contributed by atoms with E-state index in [0.29, 0.717) is 5.69 Å². The fraction of sp³-hybridized carbons (Fsp3) is 0.188. The number of hydrogen-bond acceptors (Lipinski definition) is 3. The van der Waals surface area contributed by atoms with E-state index in [1.54, 1.807) is 7.11 Å². The predicted octanol–water partition coefficient (Wildman–Crippen LogP) is 3.19. The number of halogens is 1. The minimum absolute atomic E-state index is 0.128. The van der Waals surface area contributed by atoms with Crippen molar-refractivity contribution in [1.82, 2.24) is 0 Å². The van der Waals surface area contributed by atoms with Gasteiger partial charge in [0.15, 0.2) is 0 Å². The van der Waals surface area contributed by atoms with Gasteiger partial charge in [0, 0.05) is 11.4 Å². The molecule has 0 aliphatic rings. The first kappa shape index (κ1) is 14.8. The number of aryl methyl sites for hydroxylation is 1. The SMILES string of the molecule is COc1ccc(NCC(=O)Nc2ccc(F)cc2)cc1C. The normalized spacial score (nSPS) is 10.0. The fourth-order valence-corrected chi connectivity index (χ4v) is 1.91. The molecule has 0 unspecified atom stereocenters. The molecular weight excluding hydrogens is 271 g/mol. The molecule has 1 amide bonds. The second-order valence-electron chi connectivity index (χ2n) is 4.59. The lowest BCUT2D eigenvalue weighted by Gasteiger charge is -2.10. The summed E-state index contributed by atoms with van der Waals surface area (Å²) in [6.07, 6.45) is 0. The summed E-state index contributed by atoms with van der Waals surface area (Å²) in [7, 11) is 1.62. The first-order chi connectivity index (χ1) is 10.1. The Morgan fingerprint density at radius 3 is 2.43 bits per heavy atom. The van der Waals surface area contributed by atoms with Gasteiger partial charge in [-0.25, -0.2) is 4.39 Å². The van der Waals surface area contributed by atoms with Crippen molar-refractivity contribution in [2.45, 2.75) is 6.92 Å². The third kappa shape index (κ3) is 4.21. The summed E-state index contributed by atoms with van der Waals surface area (Å²) >= 11 is 0. The number of carbonyl (C=O) groups excluding carboxylic acids is 1. The van der Waals surface area contributed by atoms with Crippen LogP contribution in [-0.4, -0.2) is 19.6 Å². The van der Waals surface area contributed by atoms with Crippen LogP contribution in [0.4, 0.5) is 15.8 Å². The first-order valence-electron chi connectivity index (χ1n) is 6.52. The van der Waals surface area contributed by atoms with Crippen molar-refractivity contribution in [1.29, 1.82) is 0 Å². The second kappa shape index (κ2) is 6.74. The molecule has 0 aliphatic heterocycles. The number of amides is 1. The van der Waals surface area contributed by atoms with Crippen molar-refractivity contribution >= 4 is 17.3 Å². The average Bonchev–Trinajstić information content (AvgIpc) is 2.48. The number of nitrogens with one attached hydrogen (secondary N) is 2. The van der Waals surface area contributed by atoms with Crippen molar-refractivity contribution < 1.29 is 13.9 Å². The number of benzene rings is 2. The lowest BCUT2D eigenvalue weighted by Crippen LogP contribution is -2.21. The molecule has 0 heterocycles. The molecule has 0 fully saturated rings. The largest absolute Gasteiger partial charge is 0.496 e. The molecule has 2 rings (SSSR count). The Kier molecular flexibility index (Phi) is 4.77. The number of hydrogen-bond donors (Lipinski definition) is 2. The topological polar surface area (TPSA) is 50.4 Å². The Bertz CT molecular complexity index is 627. The van der Waals surface area contributed by atoms with Gasteiger partial charge in [0.25, 0.3) is 0 Å². The van der Waals surface area contributed by atoms with Gasteiger partial charge in [-0.2, -0.15) is 0 Å². The Labute approximate surface area is 122 Å². The molecule has 0 aliphatic carbocycles. The zero-order chi connectivity index (χ0) is 15.2. The zero-order valence-corrected chi connectivity index (χ0v) is 11.9. The molecule has 2 aromatic rings. The van der Waals surface area contributed by atoms with Crippen LogP contribution in [0.3, 0.4) is 0 Å². The van der Waals surface area contributed by atoms with Gasteiger partial charge in [0.05, 0.1) is 13.7 Å². The number of ether oxygens (including phenoxy) is 1. The van der Waals surface area contributed by atoms with E-state index in [2.05, 4.69) is 10.6 Å². The lowest BCUT2D eigenvalue weighted by atomic mass is 10.2. The maximum atomic E-state index is 12.8. The molecule has 2 aromatic carbocycles. The van der Waals surface area contributed by atoms with Gasteiger partial charge in [-0.3, -0.25) is 4.79 Å². The highest BCUT2D eigenvalue weighted by Gasteiger charge is 2.04. The third-order valence-corrected chi connectivity index (χ3v) is 2.98. The van der Waals surface area contributed by atoms with Crippen molar-refractivity contribution in [3.63, 3.8) is 0 Å². The van der Waals surface area contributed by atoms with E-state index in [1.165, 1.54) is 24.3 Å². The molecule has 0 bridgehead atoms. The molecule has 2 N–H and O–H groups in total. The first-order valence-corrected chi connectivity index (χ1v) is 6.52. The van der Waals surface area contributed by atoms with Crippen LogP contribution in [0.15, 0.2) is 42.5 Å². The van der Waals surface area contributed by atoms with Gasteiger partial charge in [0.1, 0.15) is 11.6 Å². The van der Waals surface area contributed by atoms with Crippen LogP contribution in [0.1, 0.15) is 5.56 Å². The van der Waals surface area contributed by atoms with E-state index >= 15 is 0 Å². The van der Waals surface area contributed by atoms with Gasteiger partial charge in [0.2, 0.25) is 5.91 Å². The summed E-state index contributed by atoms with van der Waals surface area (Å²) in [6.45, 7) is 2.06. The highest BCUT2D eigenvalue weighted by Crippen LogP contribution is 2.21. The lowest BCUT2D eigenvalue weighted by molar-refractivity contribution is -0.114. The van der Waals surface area contributed by atoms with Gasteiger partial charge in [-0.15, -0.1) is 0 Å². The van der Waals surface area contributed by atoms with Crippen LogP contribution in [0.25, 0.3) is 0 Å². The maximum absolute atomic E-state index is 12.8. The molecule has 21 heavy (non-hydrogen) atoms. The van der Waals surface area contributed by atoms with Gasteiger partial charge in [-0.05, 0) is 55.0 Å². The average molecular weight is 288 g/mol. The fourth-order valence-electron chi connectivity index (χ4n) is 1.91. The molecule has 5 heteroatoms. The molecule has 0 spiro atoms. The molecule has 0 saturated carbocycles. The molecule has 4 nitrogen and oxygen atoms in total. The predicted molar refractivity (Wildman–Crippen MR) is 81.3 cm³/mol. The zero-order valence-electron chi connectivity index (χ0n) is 11.9. The highest BCUT2D eigenvalue weighted by molar-refractivity contribution is 5.93. The second-order valence-corrected chi connectivity index (χ2v) is 4.59. The van der Waals surface area contributed by atoms with E-state index in [0.717, 1.165) is 17.0 Å². The summed E-state index contributed by atoms with van der Waals surface area (Å²) in [5.74, 6) is 0.270. The Balaban J connectivity index is 1.89. The van der Waals surface area contributed by atoms with Crippen LogP contribution in [0, 0.1) is 12.7 Å².